The van der Waals surface area contributed by atoms with Gasteiger partial charge < -0.3 is 11.1 Å². The van der Waals surface area contributed by atoms with Crippen molar-refractivity contribution in [2.75, 3.05) is 5.32 Å². The fourth-order valence-corrected chi connectivity index (χ4v) is 1.39. The maximum atomic E-state index is 12.4. The van der Waals surface area contributed by atoms with Crippen molar-refractivity contribution in [2.45, 2.75) is 32.0 Å². The van der Waals surface area contributed by atoms with Crippen LogP contribution in [0.2, 0.25) is 0 Å². The first-order valence-corrected chi connectivity index (χ1v) is 5.34. The highest BCUT2D eigenvalue weighted by atomic mass is 19.4. The molecule has 0 aliphatic heterocycles. The van der Waals surface area contributed by atoms with Gasteiger partial charge in [0.1, 0.15) is 0 Å². The molecule has 1 rings (SSSR count). The van der Waals surface area contributed by atoms with Gasteiger partial charge in [-0.15, -0.1) is 0 Å². The summed E-state index contributed by atoms with van der Waals surface area (Å²) in [4.78, 5) is 11.5. The molecule has 6 heteroatoms. The number of alkyl halides is 3. The number of amides is 1. The molecule has 0 aliphatic rings. The molecule has 0 heterocycles. The summed E-state index contributed by atoms with van der Waals surface area (Å²) < 4.78 is 37.3. The van der Waals surface area contributed by atoms with Crippen molar-refractivity contribution in [3.8, 4) is 0 Å². The third kappa shape index (κ3) is 4.75. The molecule has 1 aromatic rings. The Morgan fingerprint density at radius 2 is 1.94 bits per heavy atom. The van der Waals surface area contributed by atoms with Gasteiger partial charge in [0.2, 0.25) is 5.91 Å². The van der Waals surface area contributed by atoms with Crippen molar-refractivity contribution < 1.29 is 18.0 Å². The molecule has 3 nitrogen and oxygen atoms in total. The van der Waals surface area contributed by atoms with Crippen molar-refractivity contribution in [1.82, 2.24) is 0 Å². The molecule has 0 spiro atoms. The van der Waals surface area contributed by atoms with Crippen LogP contribution < -0.4 is 11.1 Å². The normalized spacial score (nSPS) is 12.3. The highest BCUT2D eigenvalue weighted by molar-refractivity contribution is 5.91. The van der Waals surface area contributed by atoms with Crippen molar-refractivity contribution in [2.24, 2.45) is 5.73 Å². The van der Waals surface area contributed by atoms with Gasteiger partial charge in [-0.25, -0.2) is 0 Å². The lowest BCUT2D eigenvalue weighted by atomic mass is 10.0. The van der Waals surface area contributed by atoms with Crippen molar-refractivity contribution in [1.29, 1.82) is 0 Å². The molecule has 0 fully saturated rings. The summed E-state index contributed by atoms with van der Waals surface area (Å²) in [7, 11) is 0. The second-order valence-corrected chi connectivity index (χ2v) is 4.79. The second kappa shape index (κ2) is 4.97. The molecule has 0 bridgehead atoms. The van der Waals surface area contributed by atoms with Gasteiger partial charge in [-0.05, 0) is 32.0 Å². The Kier molecular flexibility index (Phi) is 4.01. The average molecular weight is 260 g/mol. The zero-order valence-electron chi connectivity index (χ0n) is 10.1. The number of halogens is 3. The highest BCUT2D eigenvalue weighted by Gasteiger charge is 2.30. The lowest BCUT2D eigenvalue weighted by Gasteiger charge is -2.17. The van der Waals surface area contributed by atoms with E-state index in [0.717, 1.165) is 12.1 Å². The van der Waals surface area contributed by atoms with E-state index >= 15 is 0 Å². The van der Waals surface area contributed by atoms with Gasteiger partial charge in [0, 0.05) is 17.6 Å². The van der Waals surface area contributed by atoms with Crippen LogP contribution in [0.25, 0.3) is 0 Å². The van der Waals surface area contributed by atoms with Gasteiger partial charge in [-0.1, -0.05) is 6.07 Å². The molecule has 3 N–H and O–H groups in total. The predicted octanol–water partition coefficient (Wildman–Crippen LogP) is 2.77. The highest BCUT2D eigenvalue weighted by Crippen LogP contribution is 2.30. The Bertz CT molecular complexity index is 436. The molecule has 0 aliphatic carbocycles. The Morgan fingerprint density at radius 3 is 2.44 bits per heavy atom. The molecule has 0 saturated heterocycles. The first kappa shape index (κ1) is 14.5. The van der Waals surface area contributed by atoms with E-state index in [0.29, 0.717) is 0 Å². The van der Waals surface area contributed by atoms with Crippen LogP contribution >= 0.6 is 0 Å². The van der Waals surface area contributed by atoms with Crippen molar-refractivity contribution in [3.63, 3.8) is 0 Å². The van der Waals surface area contributed by atoms with E-state index in [2.05, 4.69) is 5.32 Å². The Morgan fingerprint density at radius 1 is 1.33 bits per heavy atom. The number of hydrogen-bond acceptors (Lipinski definition) is 2. The first-order chi connectivity index (χ1) is 8.08. The average Bonchev–Trinajstić information content (AvgIpc) is 2.13. The van der Waals surface area contributed by atoms with E-state index in [1.807, 2.05) is 0 Å². The quantitative estimate of drug-likeness (QED) is 0.878. The predicted molar refractivity (Wildman–Crippen MR) is 63.0 cm³/mol. The van der Waals surface area contributed by atoms with E-state index in [1.165, 1.54) is 12.1 Å². The maximum absolute atomic E-state index is 12.4. The topological polar surface area (TPSA) is 55.1 Å². The lowest BCUT2D eigenvalue weighted by molar-refractivity contribution is -0.137. The fourth-order valence-electron chi connectivity index (χ4n) is 1.39. The summed E-state index contributed by atoms with van der Waals surface area (Å²) in [6.07, 6.45) is -4.39. The number of nitrogens with one attached hydrogen (secondary N) is 1. The summed E-state index contributed by atoms with van der Waals surface area (Å²) >= 11 is 0. The van der Waals surface area contributed by atoms with Crippen LogP contribution in [0.5, 0.6) is 0 Å². The fraction of sp³-hybridized carbons (Fsp3) is 0.417. The number of nitrogens with two attached hydrogens (primary N) is 1. The molecular formula is C12H15F3N2O. The van der Waals surface area contributed by atoms with Gasteiger partial charge in [-0.2, -0.15) is 13.2 Å². The molecular weight excluding hydrogens is 245 g/mol. The standard InChI is InChI=1S/C12H15F3N2O/c1-11(2,16)7-10(18)17-9-5-3-4-8(6-9)12(13,14)15/h3-6H,7,16H2,1-2H3,(H,17,18). The Labute approximate surface area is 103 Å². The molecule has 0 unspecified atom stereocenters. The second-order valence-electron chi connectivity index (χ2n) is 4.79. The van der Waals surface area contributed by atoms with E-state index in [1.54, 1.807) is 13.8 Å². The van der Waals surface area contributed by atoms with Crippen LogP contribution in [-0.2, 0) is 11.0 Å². The van der Waals surface area contributed by atoms with Crippen molar-refractivity contribution in [3.05, 3.63) is 29.8 Å². The number of rotatable bonds is 3. The van der Waals surface area contributed by atoms with E-state index in [4.69, 9.17) is 5.73 Å². The minimum Gasteiger partial charge on any atom is -0.326 e. The van der Waals surface area contributed by atoms with E-state index < -0.39 is 23.2 Å². The van der Waals surface area contributed by atoms with Gasteiger partial charge >= 0.3 is 6.18 Å². The number of benzene rings is 1. The zero-order chi connectivity index (χ0) is 14.0. The summed E-state index contributed by atoms with van der Waals surface area (Å²) in [5.74, 6) is -0.415. The Hall–Kier alpha value is -1.56. The van der Waals surface area contributed by atoms with Crippen molar-refractivity contribution >= 4 is 11.6 Å². The number of carbonyl (C=O) groups excluding carboxylic acids is 1. The third-order valence-electron chi connectivity index (χ3n) is 2.09. The number of hydrogen-bond donors (Lipinski definition) is 2. The molecule has 0 aromatic heterocycles. The summed E-state index contributed by atoms with van der Waals surface area (Å²) in [6.45, 7) is 3.33. The molecule has 1 amide bonds. The molecule has 0 atom stereocenters. The van der Waals surface area contributed by atoms with Crippen LogP contribution in [0.3, 0.4) is 0 Å². The van der Waals surface area contributed by atoms with Crippen LogP contribution in [0, 0.1) is 0 Å². The van der Waals surface area contributed by atoms with Gasteiger partial charge in [0.05, 0.1) is 5.56 Å². The SMILES string of the molecule is CC(C)(N)CC(=O)Nc1cccc(C(F)(F)F)c1. The first-order valence-electron chi connectivity index (χ1n) is 5.34. The van der Waals surface area contributed by atoms with Crippen LogP contribution in [-0.4, -0.2) is 11.4 Å². The number of carbonyl (C=O) groups is 1. The molecule has 100 valence electrons. The summed E-state index contributed by atoms with van der Waals surface area (Å²) in [5.41, 5.74) is 4.26. The third-order valence-corrected chi connectivity index (χ3v) is 2.09. The lowest BCUT2D eigenvalue weighted by Crippen LogP contribution is -2.36. The zero-order valence-corrected chi connectivity index (χ0v) is 10.1. The van der Waals surface area contributed by atoms with Crippen LogP contribution in [0.4, 0.5) is 18.9 Å². The monoisotopic (exact) mass is 260 g/mol. The molecule has 0 radical (unpaired) electrons. The maximum Gasteiger partial charge on any atom is 0.416 e. The summed E-state index contributed by atoms with van der Waals surface area (Å²) in [6, 6.07) is 4.48. The van der Waals surface area contributed by atoms with Gasteiger partial charge in [0.25, 0.3) is 0 Å². The summed E-state index contributed by atoms with van der Waals surface area (Å²) in [5, 5.41) is 2.39. The van der Waals surface area contributed by atoms with E-state index in [9.17, 15) is 18.0 Å². The van der Waals surface area contributed by atoms with Crippen LogP contribution in [0.1, 0.15) is 25.8 Å². The van der Waals surface area contributed by atoms with Gasteiger partial charge in [-0.3, -0.25) is 4.79 Å². The van der Waals surface area contributed by atoms with Crippen LogP contribution in [0.15, 0.2) is 24.3 Å². The minimum atomic E-state index is -4.42. The molecule has 0 saturated carbocycles. The van der Waals surface area contributed by atoms with Gasteiger partial charge in [0.15, 0.2) is 0 Å². The Balaban J connectivity index is 2.77. The molecule has 18 heavy (non-hydrogen) atoms. The van der Waals surface area contributed by atoms with E-state index in [-0.39, 0.29) is 12.1 Å². The smallest absolute Gasteiger partial charge is 0.326 e. The number of anilines is 1. The largest absolute Gasteiger partial charge is 0.416 e. The minimum absolute atomic E-state index is 0.0310. The molecule has 1 aromatic carbocycles.